The normalized spacial score (nSPS) is 13.1. The summed E-state index contributed by atoms with van der Waals surface area (Å²) in [6, 6.07) is 38.9. The molecule has 0 fully saturated rings. The molecule has 9 aromatic rings. The highest BCUT2D eigenvalue weighted by atomic mass is 32.1. The second kappa shape index (κ2) is 6.90. The smallest absolute Gasteiger partial charge is 0.165 e. The summed E-state index contributed by atoms with van der Waals surface area (Å²) in [6.07, 6.45) is 0. The van der Waals surface area contributed by atoms with Crippen molar-refractivity contribution in [3.63, 3.8) is 0 Å². The van der Waals surface area contributed by atoms with E-state index in [2.05, 4.69) is 118 Å². The highest BCUT2D eigenvalue weighted by Gasteiger charge is 2.32. The van der Waals surface area contributed by atoms with Crippen molar-refractivity contribution >= 4 is 87.1 Å². The molecule has 0 bridgehead atoms. The molecule has 180 valence electrons. The lowest BCUT2D eigenvalue weighted by Gasteiger charge is -2.30. The highest BCUT2D eigenvalue weighted by Crippen LogP contribution is 2.53. The van der Waals surface area contributed by atoms with Crippen LogP contribution in [0, 0.1) is 0 Å². The van der Waals surface area contributed by atoms with Gasteiger partial charge in [-0.05, 0) is 18.2 Å². The summed E-state index contributed by atoms with van der Waals surface area (Å²) in [7, 11) is 0. The lowest BCUT2D eigenvalue weighted by molar-refractivity contribution is 1.16. The van der Waals surface area contributed by atoms with Gasteiger partial charge in [0.25, 0.3) is 0 Å². The molecular formula is C34H18N4S. The Balaban J connectivity index is 1.41. The SMILES string of the molecule is c1ccc(-c2nc3sc4ccccc4c3nc2N2c3cccc4c5cccc6c7cccc2c7n(c34)c56)cc1. The highest BCUT2D eigenvalue weighted by molar-refractivity contribution is 7.25. The molecule has 0 unspecified atom stereocenters. The average Bonchev–Trinajstić information content (AvgIpc) is 3.65. The molecule has 39 heavy (non-hydrogen) atoms. The number of hydrogen-bond acceptors (Lipinski definition) is 4. The van der Waals surface area contributed by atoms with Crippen molar-refractivity contribution in [1.82, 2.24) is 14.4 Å². The van der Waals surface area contributed by atoms with Crippen molar-refractivity contribution in [3.8, 4) is 11.3 Å². The standard InChI is InChI=1S/C34H18N4S/c1-2-9-19(10-3-1)28-33(35-29-24-11-4-5-18-27(24)39-34(29)36-28)37-25-16-7-14-22-20-12-6-13-21-23-15-8-17-26(37)32(23)38(30(20)21)31(22)25/h1-18H. The molecule has 1 aliphatic heterocycles. The Morgan fingerprint density at radius 3 is 1.82 bits per heavy atom. The van der Waals surface area contributed by atoms with E-state index >= 15 is 0 Å². The Bertz CT molecular complexity index is 2360. The van der Waals surface area contributed by atoms with Crippen molar-refractivity contribution in [3.05, 3.63) is 109 Å². The molecule has 4 aromatic heterocycles. The summed E-state index contributed by atoms with van der Waals surface area (Å²) in [5.74, 6) is 0.860. The van der Waals surface area contributed by atoms with E-state index < -0.39 is 0 Å². The third-order valence-electron chi connectivity index (χ3n) is 8.25. The zero-order valence-electron chi connectivity index (χ0n) is 20.6. The molecular weight excluding hydrogens is 496 g/mol. The van der Waals surface area contributed by atoms with Gasteiger partial charge >= 0.3 is 0 Å². The first-order valence-corrected chi connectivity index (χ1v) is 13.9. The Labute approximate surface area is 226 Å². The van der Waals surface area contributed by atoms with Crippen molar-refractivity contribution < 1.29 is 0 Å². The Morgan fingerprint density at radius 2 is 1.10 bits per heavy atom. The maximum atomic E-state index is 5.46. The number of anilines is 3. The van der Waals surface area contributed by atoms with Crippen LogP contribution in [-0.4, -0.2) is 14.4 Å². The maximum absolute atomic E-state index is 5.46. The predicted octanol–water partition coefficient (Wildman–Crippen LogP) is 9.44. The minimum atomic E-state index is 0.860. The fourth-order valence-electron chi connectivity index (χ4n) is 6.70. The number of fused-ring (bicyclic) bond motifs is 5. The Kier molecular flexibility index (Phi) is 3.54. The molecule has 0 atom stereocenters. The summed E-state index contributed by atoms with van der Waals surface area (Å²) >= 11 is 1.71. The summed E-state index contributed by atoms with van der Waals surface area (Å²) in [5.41, 5.74) is 8.93. The monoisotopic (exact) mass is 514 g/mol. The molecule has 1 aliphatic rings. The number of nitrogens with zero attached hydrogens (tertiary/aromatic N) is 4. The maximum Gasteiger partial charge on any atom is 0.165 e. The molecule has 10 rings (SSSR count). The van der Waals surface area contributed by atoms with E-state index in [1.807, 2.05) is 0 Å². The van der Waals surface area contributed by atoms with Gasteiger partial charge in [0.2, 0.25) is 0 Å². The van der Waals surface area contributed by atoms with Crippen LogP contribution in [0.1, 0.15) is 0 Å². The zero-order chi connectivity index (χ0) is 25.2. The quantitative estimate of drug-likeness (QED) is 0.230. The molecule has 0 saturated carbocycles. The predicted molar refractivity (Wildman–Crippen MR) is 163 cm³/mol. The van der Waals surface area contributed by atoms with E-state index in [1.165, 1.54) is 42.8 Å². The summed E-state index contributed by atoms with van der Waals surface area (Å²) in [4.78, 5) is 14.1. The van der Waals surface area contributed by atoms with Crippen LogP contribution in [0.15, 0.2) is 109 Å². The molecule has 0 N–H and O–H groups in total. The van der Waals surface area contributed by atoms with Gasteiger partial charge in [0, 0.05) is 37.2 Å². The first-order valence-electron chi connectivity index (χ1n) is 13.1. The van der Waals surface area contributed by atoms with Crippen molar-refractivity contribution in [2.45, 2.75) is 0 Å². The van der Waals surface area contributed by atoms with Gasteiger partial charge in [0.05, 0.1) is 27.9 Å². The van der Waals surface area contributed by atoms with Crippen LogP contribution in [0.5, 0.6) is 0 Å². The number of thiophene rings is 1. The van der Waals surface area contributed by atoms with Gasteiger partial charge in [-0.1, -0.05) is 91.0 Å². The largest absolute Gasteiger partial charge is 0.304 e. The molecule has 5 heteroatoms. The average molecular weight is 515 g/mol. The van der Waals surface area contributed by atoms with Crippen LogP contribution in [0.4, 0.5) is 17.2 Å². The van der Waals surface area contributed by atoms with Crippen LogP contribution in [-0.2, 0) is 0 Å². The summed E-state index contributed by atoms with van der Waals surface area (Å²) in [5, 5.41) is 6.28. The fraction of sp³-hybridized carbons (Fsp3) is 0. The van der Waals surface area contributed by atoms with Crippen LogP contribution in [0.2, 0.25) is 0 Å². The van der Waals surface area contributed by atoms with E-state index in [0.717, 1.165) is 44.2 Å². The number of aromatic nitrogens is 3. The van der Waals surface area contributed by atoms with Crippen molar-refractivity contribution in [2.24, 2.45) is 0 Å². The first-order chi connectivity index (χ1) is 19.4. The lowest BCUT2D eigenvalue weighted by atomic mass is 10.0. The second-order valence-corrected chi connectivity index (χ2v) is 11.3. The minimum absolute atomic E-state index is 0.860. The fourth-order valence-corrected chi connectivity index (χ4v) is 7.72. The van der Waals surface area contributed by atoms with Crippen LogP contribution >= 0.6 is 11.3 Å². The number of rotatable bonds is 2. The van der Waals surface area contributed by atoms with Crippen LogP contribution in [0.3, 0.4) is 0 Å². The zero-order valence-corrected chi connectivity index (χ0v) is 21.4. The summed E-state index contributed by atoms with van der Waals surface area (Å²) < 4.78 is 3.68. The number of para-hydroxylation sites is 3. The summed E-state index contributed by atoms with van der Waals surface area (Å²) in [6.45, 7) is 0. The second-order valence-electron chi connectivity index (χ2n) is 10.2. The van der Waals surface area contributed by atoms with E-state index in [9.17, 15) is 0 Å². The third-order valence-corrected chi connectivity index (χ3v) is 9.31. The Hall–Kier alpha value is -5.00. The van der Waals surface area contributed by atoms with Gasteiger partial charge in [-0.3, -0.25) is 4.90 Å². The van der Waals surface area contributed by atoms with Gasteiger partial charge in [-0.25, -0.2) is 9.97 Å². The topological polar surface area (TPSA) is 33.4 Å². The molecule has 0 aliphatic carbocycles. The van der Waals surface area contributed by atoms with Gasteiger partial charge in [0.1, 0.15) is 16.0 Å². The van der Waals surface area contributed by atoms with Gasteiger partial charge in [-0.15, -0.1) is 11.3 Å². The molecule has 0 amide bonds. The first kappa shape index (κ1) is 20.0. The lowest BCUT2D eigenvalue weighted by Crippen LogP contribution is -2.17. The van der Waals surface area contributed by atoms with E-state index in [1.54, 1.807) is 11.3 Å². The number of hydrogen-bond donors (Lipinski definition) is 0. The van der Waals surface area contributed by atoms with Gasteiger partial charge in [-0.2, -0.15) is 0 Å². The van der Waals surface area contributed by atoms with Crippen LogP contribution in [0.25, 0.3) is 69.8 Å². The molecule has 4 nitrogen and oxygen atoms in total. The Morgan fingerprint density at radius 1 is 0.513 bits per heavy atom. The van der Waals surface area contributed by atoms with E-state index in [4.69, 9.17) is 9.97 Å². The van der Waals surface area contributed by atoms with E-state index in [-0.39, 0.29) is 0 Å². The van der Waals surface area contributed by atoms with Crippen LogP contribution < -0.4 is 4.90 Å². The minimum Gasteiger partial charge on any atom is -0.304 e. The number of benzene rings is 5. The molecule has 5 heterocycles. The van der Waals surface area contributed by atoms with Gasteiger partial charge in [0.15, 0.2) is 5.82 Å². The van der Waals surface area contributed by atoms with Gasteiger partial charge < -0.3 is 4.40 Å². The van der Waals surface area contributed by atoms with Crippen molar-refractivity contribution in [2.75, 3.05) is 4.90 Å². The molecule has 5 aromatic carbocycles. The van der Waals surface area contributed by atoms with Crippen molar-refractivity contribution in [1.29, 1.82) is 0 Å². The molecule has 0 saturated heterocycles. The third kappa shape index (κ3) is 2.36. The molecule has 0 spiro atoms. The molecule has 0 radical (unpaired) electrons. The van der Waals surface area contributed by atoms with E-state index in [0.29, 0.717) is 0 Å².